The predicted molar refractivity (Wildman–Crippen MR) is 108 cm³/mol. The number of rotatable bonds is 4. The number of benzene rings is 2. The average Bonchev–Trinajstić information content (AvgIpc) is 2.74. The summed E-state index contributed by atoms with van der Waals surface area (Å²) in [6, 6.07) is 14.0. The Labute approximate surface area is 170 Å². The summed E-state index contributed by atoms with van der Waals surface area (Å²) in [5.41, 5.74) is 9.42. The van der Waals surface area contributed by atoms with Gasteiger partial charge in [-0.1, -0.05) is 36.4 Å². The van der Waals surface area contributed by atoms with E-state index in [0.29, 0.717) is 26.2 Å². The molecule has 2 aliphatic heterocycles. The molecule has 1 saturated heterocycles. The Kier molecular flexibility index (Phi) is 5.94. The van der Waals surface area contributed by atoms with Gasteiger partial charge in [0, 0.05) is 25.6 Å². The summed E-state index contributed by atoms with van der Waals surface area (Å²) >= 11 is 0. The van der Waals surface area contributed by atoms with Crippen molar-refractivity contribution >= 4 is 5.91 Å². The van der Waals surface area contributed by atoms with E-state index >= 15 is 0 Å². The first-order valence-corrected chi connectivity index (χ1v) is 10.2. The van der Waals surface area contributed by atoms with Crippen molar-refractivity contribution in [3.8, 4) is 0 Å². The van der Waals surface area contributed by atoms with Crippen LogP contribution in [0, 0.1) is 5.82 Å². The van der Waals surface area contributed by atoms with Crippen molar-refractivity contribution in [2.45, 2.75) is 44.1 Å². The molecule has 154 valence electrons. The predicted octanol–water partition coefficient (Wildman–Crippen LogP) is 2.82. The van der Waals surface area contributed by atoms with Crippen LogP contribution in [0.2, 0.25) is 0 Å². The quantitative estimate of drug-likeness (QED) is 0.860. The maximum Gasteiger partial charge on any atom is 0.252 e. The molecule has 1 fully saturated rings. The molecule has 0 aliphatic carbocycles. The summed E-state index contributed by atoms with van der Waals surface area (Å²) in [6.45, 7) is 3.39. The molecule has 0 unspecified atom stereocenters. The highest BCUT2D eigenvalue weighted by atomic mass is 19.1. The number of hydrogen-bond donors (Lipinski definition) is 1. The van der Waals surface area contributed by atoms with Gasteiger partial charge in [0.1, 0.15) is 11.9 Å². The zero-order chi connectivity index (χ0) is 20.4. The minimum Gasteiger partial charge on any atom is -0.374 e. The van der Waals surface area contributed by atoms with E-state index in [1.54, 1.807) is 12.1 Å². The molecule has 0 spiro atoms. The number of hydrogen-bond acceptors (Lipinski definition) is 4. The van der Waals surface area contributed by atoms with E-state index in [9.17, 15) is 9.18 Å². The highest BCUT2D eigenvalue weighted by molar-refractivity contribution is 5.82. The van der Waals surface area contributed by atoms with E-state index < -0.39 is 6.10 Å². The number of carbonyl (C=O) groups excluding carboxylic acids is 1. The minimum absolute atomic E-state index is 0.0702. The van der Waals surface area contributed by atoms with Crippen LogP contribution in [0.1, 0.15) is 36.1 Å². The smallest absolute Gasteiger partial charge is 0.252 e. The fourth-order valence-corrected chi connectivity index (χ4v) is 4.35. The Morgan fingerprint density at radius 1 is 1.24 bits per heavy atom. The Balaban J connectivity index is 1.61. The van der Waals surface area contributed by atoms with Crippen molar-refractivity contribution < 1.29 is 18.7 Å². The van der Waals surface area contributed by atoms with Crippen LogP contribution in [0.5, 0.6) is 0 Å². The molecule has 0 bridgehead atoms. The molecule has 1 amide bonds. The lowest BCUT2D eigenvalue weighted by atomic mass is 9.87. The summed E-state index contributed by atoms with van der Waals surface area (Å²) in [5, 5.41) is 0. The molecule has 5 nitrogen and oxygen atoms in total. The number of nitrogens with zero attached hydrogens (tertiary/aromatic N) is 1. The van der Waals surface area contributed by atoms with Crippen LogP contribution in [-0.4, -0.2) is 48.8 Å². The van der Waals surface area contributed by atoms with Crippen LogP contribution in [0.25, 0.3) is 0 Å². The Morgan fingerprint density at radius 3 is 2.72 bits per heavy atom. The maximum atomic E-state index is 13.5. The van der Waals surface area contributed by atoms with Gasteiger partial charge < -0.3 is 20.1 Å². The van der Waals surface area contributed by atoms with Gasteiger partial charge in [0.15, 0.2) is 0 Å². The molecule has 0 aromatic heterocycles. The molecular weight excluding hydrogens is 371 g/mol. The fraction of sp³-hybridized carbons (Fsp3) is 0.435. The third kappa shape index (κ3) is 4.06. The molecular formula is C23H27FN2O3. The van der Waals surface area contributed by atoms with Crippen LogP contribution in [-0.2, 0) is 20.7 Å². The summed E-state index contributed by atoms with van der Waals surface area (Å²) in [4.78, 5) is 15.3. The van der Waals surface area contributed by atoms with Crippen LogP contribution in [0.4, 0.5) is 4.39 Å². The first-order valence-electron chi connectivity index (χ1n) is 10.2. The van der Waals surface area contributed by atoms with E-state index in [0.717, 1.165) is 17.5 Å². The minimum atomic E-state index is -0.588. The van der Waals surface area contributed by atoms with Crippen molar-refractivity contribution in [2.24, 2.45) is 5.73 Å². The third-order valence-corrected chi connectivity index (χ3v) is 5.83. The molecule has 6 heteroatoms. The van der Waals surface area contributed by atoms with E-state index in [4.69, 9.17) is 15.2 Å². The maximum absolute atomic E-state index is 13.5. The zero-order valence-electron chi connectivity index (χ0n) is 16.6. The molecule has 29 heavy (non-hydrogen) atoms. The van der Waals surface area contributed by atoms with Crippen LogP contribution in [0.15, 0.2) is 48.5 Å². The van der Waals surface area contributed by atoms with Crippen molar-refractivity contribution in [2.75, 3.05) is 19.8 Å². The number of carbonyl (C=O) groups is 1. The first-order chi connectivity index (χ1) is 14.1. The Hall–Kier alpha value is -2.28. The summed E-state index contributed by atoms with van der Waals surface area (Å²) in [5.74, 6) is -0.362. The second-order valence-electron chi connectivity index (χ2n) is 7.65. The largest absolute Gasteiger partial charge is 0.374 e. The first kappa shape index (κ1) is 20.0. The van der Waals surface area contributed by atoms with E-state index in [1.165, 1.54) is 17.7 Å². The molecule has 2 heterocycles. The summed E-state index contributed by atoms with van der Waals surface area (Å²) < 4.78 is 25.0. The van der Waals surface area contributed by atoms with Gasteiger partial charge in [-0.05, 0) is 42.2 Å². The van der Waals surface area contributed by atoms with E-state index in [-0.39, 0.29) is 29.9 Å². The third-order valence-electron chi connectivity index (χ3n) is 5.83. The topological polar surface area (TPSA) is 64.8 Å². The Morgan fingerprint density at radius 2 is 2.00 bits per heavy atom. The van der Waals surface area contributed by atoms with Crippen LogP contribution in [0.3, 0.4) is 0 Å². The number of halogens is 1. The van der Waals surface area contributed by atoms with Crippen LogP contribution >= 0.6 is 0 Å². The molecule has 4 atom stereocenters. The van der Waals surface area contributed by atoms with Crippen LogP contribution < -0.4 is 5.73 Å². The van der Waals surface area contributed by atoms with Gasteiger partial charge in [-0.3, -0.25) is 4.79 Å². The number of ether oxygens (including phenoxy) is 2. The van der Waals surface area contributed by atoms with Gasteiger partial charge >= 0.3 is 0 Å². The normalized spacial score (nSPS) is 26.8. The number of nitrogens with two attached hydrogens (primary N) is 1. The van der Waals surface area contributed by atoms with Gasteiger partial charge in [-0.25, -0.2) is 4.39 Å². The zero-order valence-corrected chi connectivity index (χ0v) is 16.6. The number of amides is 1. The second-order valence-corrected chi connectivity index (χ2v) is 7.65. The monoisotopic (exact) mass is 398 g/mol. The van der Waals surface area contributed by atoms with E-state index in [2.05, 4.69) is 6.07 Å². The highest BCUT2D eigenvalue weighted by Gasteiger charge is 2.39. The highest BCUT2D eigenvalue weighted by Crippen LogP contribution is 2.36. The number of fused-ring (bicyclic) bond motifs is 1. The Bertz CT molecular complexity index is 857. The lowest BCUT2D eigenvalue weighted by Crippen LogP contribution is -2.54. The van der Waals surface area contributed by atoms with Crippen molar-refractivity contribution in [1.29, 1.82) is 0 Å². The SMILES string of the molecule is CCO[C@@H]1CO[C@@H](C(=O)N2CCc3ccccc3[C@@H]2c2ccc(F)cc2)C[C@@H]1N. The molecule has 2 aliphatic rings. The van der Waals surface area contributed by atoms with Gasteiger partial charge in [-0.2, -0.15) is 0 Å². The fourth-order valence-electron chi connectivity index (χ4n) is 4.35. The molecule has 4 rings (SSSR count). The van der Waals surface area contributed by atoms with Gasteiger partial charge in [0.2, 0.25) is 0 Å². The molecule has 2 aromatic rings. The molecule has 0 radical (unpaired) electrons. The molecule has 2 aromatic carbocycles. The average molecular weight is 398 g/mol. The van der Waals surface area contributed by atoms with E-state index in [1.807, 2.05) is 30.0 Å². The van der Waals surface area contributed by atoms with Gasteiger partial charge in [-0.15, -0.1) is 0 Å². The van der Waals surface area contributed by atoms with Crippen molar-refractivity contribution in [3.05, 3.63) is 71.0 Å². The van der Waals surface area contributed by atoms with Crippen molar-refractivity contribution in [1.82, 2.24) is 4.90 Å². The van der Waals surface area contributed by atoms with Crippen molar-refractivity contribution in [3.63, 3.8) is 0 Å². The lowest BCUT2D eigenvalue weighted by Gasteiger charge is -2.41. The van der Waals surface area contributed by atoms with Gasteiger partial charge in [0.25, 0.3) is 5.91 Å². The summed E-state index contributed by atoms with van der Waals surface area (Å²) in [7, 11) is 0. The molecule has 0 saturated carbocycles. The summed E-state index contributed by atoms with van der Waals surface area (Å²) in [6.07, 6.45) is 0.437. The van der Waals surface area contributed by atoms with Gasteiger partial charge in [0.05, 0.1) is 18.8 Å². The second kappa shape index (κ2) is 8.61. The lowest BCUT2D eigenvalue weighted by molar-refractivity contribution is -0.157. The standard InChI is InChI=1S/C23H27FN2O3/c1-2-28-21-14-29-20(13-19(21)25)23(27)26-12-11-15-5-3-4-6-18(15)22(26)16-7-9-17(24)10-8-16/h3-10,19-22H,2,11-14,25H2,1H3/t19-,20+,21+,22-/m0/s1. The molecule has 2 N–H and O–H groups in total.